The maximum absolute atomic E-state index is 14.1. The molecule has 2 fully saturated rings. The predicted molar refractivity (Wildman–Crippen MR) is 212 cm³/mol. The monoisotopic (exact) mass is 728 g/mol. The first-order valence-corrected chi connectivity index (χ1v) is 20.1. The molecule has 0 radical (unpaired) electrons. The molecule has 53 heavy (non-hydrogen) atoms. The zero-order valence-corrected chi connectivity index (χ0v) is 32.8. The molecule has 2 aromatic rings. The second kappa shape index (κ2) is 17.9. The van der Waals surface area contributed by atoms with Gasteiger partial charge in [0.15, 0.2) is 0 Å². The average molecular weight is 729 g/mol. The number of carbonyl (C=O) groups excluding carboxylic acids is 3. The van der Waals surface area contributed by atoms with Crippen molar-refractivity contribution < 1.29 is 19.5 Å². The van der Waals surface area contributed by atoms with E-state index in [0.717, 1.165) is 82.3 Å². The number of rotatable bonds is 19. The number of hydrogen-bond acceptors (Lipinski definition) is 6. The van der Waals surface area contributed by atoms with Crippen LogP contribution in [0.5, 0.6) is 5.75 Å². The van der Waals surface area contributed by atoms with E-state index in [1.165, 1.54) is 11.1 Å². The molecule has 5 rings (SSSR count). The molecule has 0 spiro atoms. The molecule has 3 amide bonds. The lowest BCUT2D eigenvalue weighted by molar-refractivity contribution is -0.130. The van der Waals surface area contributed by atoms with E-state index in [4.69, 9.17) is 5.73 Å². The number of benzene rings is 2. The number of unbranched alkanes of at least 4 members (excludes halogenated alkanes) is 3. The van der Waals surface area contributed by atoms with Gasteiger partial charge < -0.3 is 26.8 Å². The Morgan fingerprint density at radius 2 is 1.83 bits per heavy atom. The Bertz CT molecular complexity index is 1600. The fraction of sp³-hybridized carbons (Fsp3) is 0.628. The van der Waals surface area contributed by atoms with E-state index in [0.29, 0.717) is 37.2 Å². The number of aliphatic imine (C=N–C) groups is 1. The molecule has 6 atom stereocenters. The Kier molecular flexibility index (Phi) is 13.6. The number of phenolic OH excluding ortho intramolecular Hbond substituents is 1. The number of aromatic hydroxyl groups is 1. The van der Waals surface area contributed by atoms with Crippen LogP contribution in [0.1, 0.15) is 109 Å². The van der Waals surface area contributed by atoms with Crippen LogP contribution in [-0.4, -0.2) is 78.4 Å². The molecule has 1 saturated carbocycles. The van der Waals surface area contributed by atoms with Gasteiger partial charge in [-0.15, -0.1) is 0 Å². The lowest BCUT2D eigenvalue weighted by atomic mass is 9.59. The third-order valence-corrected chi connectivity index (χ3v) is 12.4. The third kappa shape index (κ3) is 9.61. The van der Waals surface area contributed by atoms with Gasteiger partial charge in [-0.05, 0) is 110 Å². The number of phenols is 1. The number of amides is 3. The summed E-state index contributed by atoms with van der Waals surface area (Å²) in [6.45, 7) is 13.7. The van der Waals surface area contributed by atoms with Crippen LogP contribution < -0.4 is 21.7 Å². The average Bonchev–Trinajstić information content (AvgIpc) is 3.87. The van der Waals surface area contributed by atoms with E-state index in [1.807, 2.05) is 50.2 Å². The van der Waals surface area contributed by atoms with Gasteiger partial charge >= 0.3 is 0 Å². The van der Waals surface area contributed by atoms with Gasteiger partial charge in [0.05, 0.1) is 17.8 Å². The van der Waals surface area contributed by atoms with Crippen molar-refractivity contribution in [3.63, 3.8) is 0 Å². The first-order chi connectivity index (χ1) is 25.4. The SMILES string of the molecule is CCCCC(N)=NCCCCCNC(=O)[C@@H](CC(C)C)NC(=O)CNC(=O)[C@@]1(c2ccccc2)C[C@H]1CN1CC[C@@]2(C)c3cc(O)ccc3C[C@@H]1[C@@H]2C. The lowest BCUT2D eigenvalue weighted by Gasteiger charge is -2.55. The molecule has 2 aliphatic carbocycles. The van der Waals surface area contributed by atoms with Gasteiger partial charge in [0, 0.05) is 32.1 Å². The number of hydrogen-bond donors (Lipinski definition) is 5. The topological polar surface area (TPSA) is 149 Å². The van der Waals surface area contributed by atoms with E-state index < -0.39 is 11.5 Å². The van der Waals surface area contributed by atoms with Gasteiger partial charge in [0.25, 0.3) is 0 Å². The molecule has 10 nitrogen and oxygen atoms in total. The number of piperidine rings is 1. The Hall–Kier alpha value is -3.92. The molecule has 0 unspecified atom stereocenters. The second-order valence-electron chi connectivity index (χ2n) is 16.6. The molecule has 1 saturated heterocycles. The van der Waals surface area contributed by atoms with E-state index in [9.17, 15) is 19.5 Å². The third-order valence-electron chi connectivity index (χ3n) is 12.4. The Morgan fingerprint density at radius 3 is 2.57 bits per heavy atom. The van der Waals surface area contributed by atoms with Crippen molar-refractivity contribution in [2.75, 3.05) is 32.7 Å². The summed E-state index contributed by atoms with van der Waals surface area (Å²) in [5.74, 6) is 1.07. The van der Waals surface area contributed by atoms with Crippen molar-refractivity contribution in [3.05, 3.63) is 65.2 Å². The van der Waals surface area contributed by atoms with Gasteiger partial charge in [-0.3, -0.25) is 24.3 Å². The van der Waals surface area contributed by atoms with Crippen LogP contribution in [0.15, 0.2) is 53.5 Å². The highest BCUT2D eigenvalue weighted by molar-refractivity contribution is 5.95. The fourth-order valence-corrected chi connectivity index (χ4v) is 8.93. The smallest absolute Gasteiger partial charge is 0.242 e. The summed E-state index contributed by atoms with van der Waals surface area (Å²) < 4.78 is 0. The van der Waals surface area contributed by atoms with Crippen molar-refractivity contribution in [1.82, 2.24) is 20.9 Å². The molecule has 2 bridgehead atoms. The summed E-state index contributed by atoms with van der Waals surface area (Å²) in [5, 5.41) is 19.1. The normalized spacial score (nSPS) is 25.7. The van der Waals surface area contributed by atoms with Crippen LogP contribution in [-0.2, 0) is 31.6 Å². The highest BCUT2D eigenvalue weighted by atomic mass is 16.3. The van der Waals surface area contributed by atoms with Crippen molar-refractivity contribution in [3.8, 4) is 5.75 Å². The number of nitrogens with zero attached hydrogens (tertiary/aromatic N) is 2. The first-order valence-electron chi connectivity index (χ1n) is 20.1. The molecule has 6 N–H and O–H groups in total. The van der Waals surface area contributed by atoms with Crippen molar-refractivity contribution in [1.29, 1.82) is 0 Å². The molecule has 10 heteroatoms. The lowest BCUT2D eigenvalue weighted by Crippen LogP contribution is -2.58. The van der Waals surface area contributed by atoms with Crippen LogP contribution in [0.3, 0.4) is 0 Å². The van der Waals surface area contributed by atoms with Crippen LogP contribution >= 0.6 is 0 Å². The highest BCUT2D eigenvalue weighted by Crippen LogP contribution is 2.56. The van der Waals surface area contributed by atoms with Crippen LogP contribution in [0, 0.1) is 17.8 Å². The molecule has 0 aromatic heterocycles. The minimum atomic E-state index is -0.703. The van der Waals surface area contributed by atoms with Crippen LogP contribution in [0.4, 0.5) is 0 Å². The van der Waals surface area contributed by atoms with Gasteiger partial charge in [0.1, 0.15) is 11.8 Å². The van der Waals surface area contributed by atoms with Crippen LogP contribution in [0.25, 0.3) is 0 Å². The molecular formula is C43H64N6O4. The fourth-order valence-electron chi connectivity index (χ4n) is 8.93. The minimum absolute atomic E-state index is 0.000845. The van der Waals surface area contributed by atoms with Gasteiger partial charge in [0.2, 0.25) is 17.7 Å². The molecule has 1 heterocycles. The standard InChI is InChI=1S/C43H64N6O4/c1-6-7-16-38(44)45-20-12-9-13-21-46-40(52)36(23-29(2)3)48-39(51)27-47-41(53)43(32-14-10-8-11-15-32)26-33(43)28-49-22-19-42(5)30(4)37(49)24-31-17-18-34(50)25-35(31)42/h8,10-11,14-15,17-18,25,29-30,33,36-37,50H,6-7,9,12-13,16,19-24,26-28H2,1-5H3,(H2,44,45)(H,46,52)(H,47,53)(H,48,51)/t30-,33-,36+,37+,42+,43+/m0/s1. The summed E-state index contributed by atoms with van der Waals surface area (Å²) >= 11 is 0. The van der Waals surface area contributed by atoms with Crippen molar-refractivity contribution >= 4 is 23.6 Å². The number of fused-ring (bicyclic) bond motifs is 4. The molecule has 3 aliphatic rings. The van der Waals surface area contributed by atoms with Crippen molar-refractivity contribution in [2.45, 2.75) is 122 Å². The van der Waals surface area contributed by atoms with E-state index >= 15 is 0 Å². The zero-order chi connectivity index (χ0) is 38.2. The summed E-state index contributed by atoms with van der Waals surface area (Å²) in [6.07, 6.45) is 8.82. The van der Waals surface area contributed by atoms with E-state index in [2.05, 4.69) is 52.7 Å². The molecule has 1 aliphatic heterocycles. The minimum Gasteiger partial charge on any atom is -0.508 e. The number of amidine groups is 1. The van der Waals surface area contributed by atoms with Crippen LogP contribution in [0.2, 0.25) is 0 Å². The summed E-state index contributed by atoms with van der Waals surface area (Å²) in [7, 11) is 0. The number of carbonyl (C=O) groups is 3. The maximum Gasteiger partial charge on any atom is 0.242 e. The molecule has 290 valence electrons. The van der Waals surface area contributed by atoms with Crippen molar-refractivity contribution in [2.24, 2.45) is 28.5 Å². The quantitative estimate of drug-likeness (QED) is 0.0748. The largest absolute Gasteiger partial charge is 0.508 e. The molecular weight excluding hydrogens is 665 g/mol. The maximum atomic E-state index is 14.1. The zero-order valence-electron chi connectivity index (χ0n) is 32.8. The Morgan fingerprint density at radius 1 is 1.06 bits per heavy atom. The summed E-state index contributed by atoms with van der Waals surface area (Å²) in [4.78, 5) is 47.5. The number of likely N-dealkylation sites (tertiary alicyclic amines) is 1. The van der Waals surface area contributed by atoms with E-state index in [-0.39, 0.29) is 41.5 Å². The Balaban J connectivity index is 1.14. The molecule has 2 aromatic carbocycles. The predicted octanol–water partition coefficient (Wildman–Crippen LogP) is 5.36. The number of nitrogens with two attached hydrogens (primary N) is 1. The summed E-state index contributed by atoms with van der Waals surface area (Å²) in [5.41, 5.74) is 8.81. The Labute approximate surface area is 317 Å². The second-order valence-corrected chi connectivity index (χ2v) is 16.6. The van der Waals surface area contributed by atoms with E-state index in [1.54, 1.807) is 6.07 Å². The van der Waals surface area contributed by atoms with Gasteiger partial charge in [-0.25, -0.2) is 0 Å². The highest BCUT2D eigenvalue weighted by Gasteiger charge is 2.62. The van der Waals surface area contributed by atoms with Gasteiger partial charge in [-0.1, -0.05) is 77.4 Å². The number of nitrogens with one attached hydrogen (secondary N) is 3. The first kappa shape index (κ1) is 40.3. The summed E-state index contributed by atoms with van der Waals surface area (Å²) in [6, 6.07) is 15.5. The van der Waals surface area contributed by atoms with Gasteiger partial charge in [-0.2, -0.15) is 0 Å².